The van der Waals surface area contributed by atoms with E-state index in [0.717, 1.165) is 12.8 Å². The topological polar surface area (TPSA) is 58.6 Å². The monoisotopic (exact) mass is 290 g/mol. The lowest BCUT2D eigenvalue weighted by atomic mass is 10.00. The van der Waals surface area contributed by atoms with E-state index in [4.69, 9.17) is 4.74 Å². The minimum Gasteiger partial charge on any atom is -0.385 e. The Labute approximate surface area is 125 Å². The Kier molecular flexibility index (Phi) is 5.75. The van der Waals surface area contributed by atoms with Gasteiger partial charge in [0, 0.05) is 33.4 Å². The molecule has 0 saturated carbocycles. The van der Waals surface area contributed by atoms with Crippen LogP contribution in [0.3, 0.4) is 0 Å². The van der Waals surface area contributed by atoms with Gasteiger partial charge < -0.3 is 15.0 Å². The summed E-state index contributed by atoms with van der Waals surface area (Å²) in [4.78, 5) is 25.6. The van der Waals surface area contributed by atoms with Crippen LogP contribution in [0.2, 0.25) is 0 Å². The van der Waals surface area contributed by atoms with Crippen LogP contribution in [-0.4, -0.2) is 43.5 Å². The minimum absolute atomic E-state index is 0.0743. The summed E-state index contributed by atoms with van der Waals surface area (Å²) < 4.78 is 4.91. The third kappa shape index (κ3) is 4.56. The van der Waals surface area contributed by atoms with Gasteiger partial charge in [0.1, 0.15) is 6.42 Å². The van der Waals surface area contributed by atoms with Crippen LogP contribution < -0.4 is 5.32 Å². The van der Waals surface area contributed by atoms with E-state index in [1.165, 1.54) is 11.1 Å². The van der Waals surface area contributed by atoms with Gasteiger partial charge in [-0.3, -0.25) is 9.59 Å². The Balaban J connectivity index is 1.78. The average molecular weight is 290 g/mol. The van der Waals surface area contributed by atoms with Gasteiger partial charge in [-0.05, 0) is 24.0 Å². The van der Waals surface area contributed by atoms with E-state index in [0.29, 0.717) is 26.2 Å². The number of fused-ring (bicyclic) bond motifs is 1. The highest BCUT2D eigenvalue weighted by atomic mass is 16.5. The van der Waals surface area contributed by atoms with Gasteiger partial charge >= 0.3 is 0 Å². The number of nitrogens with zero attached hydrogens (tertiary/aromatic N) is 1. The first kappa shape index (κ1) is 15.5. The summed E-state index contributed by atoms with van der Waals surface area (Å²) in [6.07, 6.45) is 1.54. The molecule has 5 heteroatoms. The second-order valence-corrected chi connectivity index (χ2v) is 5.21. The number of carbonyl (C=O) groups is 2. The van der Waals surface area contributed by atoms with E-state index >= 15 is 0 Å². The summed E-state index contributed by atoms with van der Waals surface area (Å²) in [6, 6.07) is 8.14. The van der Waals surface area contributed by atoms with Crippen molar-refractivity contribution >= 4 is 11.8 Å². The summed E-state index contributed by atoms with van der Waals surface area (Å²) in [5, 5.41) is 2.74. The van der Waals surface area contributed by atoms with Crippen molar-refractivity contribution < 1.29 is 14.3 Å². The molecule has 0 aliphatic carbocycles. The van der Waals surface area contributed by atoms with Crippen molar-refractivity contribution in [1.29, 1.82) is 0 Å². The highest BCUT2D eigenvalue weighted by molar-refractivity contribution is 5.96. The fourth-order valence-electron chi connectivity index (χ4n) is 2.46. The van der Waals surface area contributed by atoms with E-state index in [9.17, 15) is 9.59 Å². The summed E-state index contributed by atoms with van der Waals surface area (Å²) in [5.41, 5.74) is 2.48. The number of amides is 2. The van der Waals surface area contributed by atoms with Crippen molar-refractivity contribution in [3.05, 3.63) is 35.4 Å². The summed E-state index contributed by atoms with van der Waals surface area (Å²) in [7, 11) is 1.62. The molecule has 2 amide bonds. The molecule has 0 unspecified atom stereocenters. The van der Waals surface area contributed by atoms with Gasteiger partial charge in [-0.1, -0.05) is 24.3 Å². The van der Waals surface area contributed by atoms with Crippen LogP contribution in [-0.2, 0) is 27.3 Å². The molecular formula is C16H22N2O3. The number of hydrogen-bond donors (Lipinski definition) is 1. The highest BCUT2D eigenvalue weighted by Gasteiger charge is 2.21. The Bertz CT molecular complexity index is 502. The molecule has 0 bridgehead atoms. The van der Waals surface area contributed by atoms with Gasteiger partial charge in [-0.2, -0.15) is 0 Å². The molecule has 0 radical (unpaired) electrons. The standard InChI is InChI=1S/C16H22N2O3/c1-21-10-4-8-17-15(19)11-16(20)18-9-7-13-5-2-3-6-14(13)12-18/h2-3,5-6H,4,7-12H2,1H3,(H,17,19). The third-order valence-electron chi connectivity index (χ3n) is 3.64. The number of nitrogens with one attached hydrogen (secondary N) is 1. The Hall–Kier alpha value is -1.88. The molecule has 1 N–H and O–H groups in total. The zero-order chi connectivity index (χ0) is 15.1. The molecule has 1 aromatic rings. The van der Waals surface area contributed by atoms with Crippen molar-refractivity contribution in [2.75, 3.05) is 26.8 Å². The quantitative estimate of drug-likeness (QED) is 0.631. The smallest absolute Gasteiger partial charge is 0.232 e. The van der Waals surface area contributed by atoms with E-state index in [2.05, 4.69) is 11.4 Å². The van der Waals surface area contributed by atoms with Gasteiger partial charge in [0.15, 0.2) is 0 Å². The van der Waals surface area contributed by atoms with Crippen LogP contribution in [0.5, 0.6) is 0 Å². The van der Waals surface area contributed by atoms with Crippen LogP contribution in [0.4, 0.5) is 0 Å². The Morgan fingerprint density at radius 1 is 1.29 bits per heavy atom. The van der Waals surface area contributed by atoms with Gasteiger partial charge in [-0.25, -0.2) is 0 Å². The molecule has 2 rings (SSSR count). The van der Waals surface area contributed by atoms with Crippen LogP contribution in [0, 0.1) is 0 Å². The first-order valence-corrected chi connectivity index (χ1v) is 7.31. The minimum atomic E-state index is -0.213. The zero-order valence-electron chi connectivity index (χ0n) is 12.4. The van der Waals surface area contributed by atoms with Crippen LogP contribution >= 0.6 is 0 Å². The molecule has 114 valence electrons. The molecule has 0 saturated heterocycles. The van der Waals surface area contributed by atoms with E-state index in [1.807, 2.05) is 18.2 Å². The molecular weight excluding hydrogens is 268 g/mol. The van der Waals surface area contributed by atoms with Crippen molar-refractivity contribution in [1.82, 2.24) is 10.2 Å². The summed E-state index contributed by atoms with van der Waals surface area (Å²) >= 11 is 0. The molecule has 0 fully saturated rings. The third-order valence-corrected chi connectivity index (χ3v) is 3.64. The average Bonchev–Trinajstić information content (AvgIpc) is 2.51. The Morgan fingerprint density at radius 3 is 2.81 bits per heavy atom. The number of carbonyl (C=O) groups excluding carboxylic acids is 2. The fourth-order valence-corrected chi connectivity index (χ4v) is 2.46. The fraction of sp³-hybridized carbons (Fsp3) is 0.500. The van der Waals surface area contributed by atoms with Crippen LogP contribution in [0.25, 0.3) is 0 Å². The van der Waals surface area contributed by atoms with Crippen molar-refractivity contribution in [3.8, 4) is 0 Å². The molecule has 1 aromatic carbocycles. The maximum Gasteiger partial charge on any atom is 0.232 e. The van der Waals surface area contributed by atoms with Gasteiger partial charge in [0.25, 0.3) is 0 Å². The number of rotatable bonds is 6. The molecule has 1 aliphatic heterocycles. The van der Waals surface area contributed by atoms with Crippen molar-refractivity contribution in [2.45, 2.75) is 25.8 Å². The maximum atomic E-state index is 12.1. The first-order chi connectivity index (χ1) is 10.2. The molecule has 1 heterocycles. The van der Waals surface area contributed by atoms with Crippen molar-refractivity contribution in [2.24, 2.45) is 0 Å². The lowest BCUT2D eigenvalue weighted by Crippen LogP contribution is -2.39. The van der Waals surface area contributed by atoms with E-state index in [-0.39, 0.29) is 18.2 Å². The largest absolute Gasteiger partial charge is 0.385 e. The molecule has 0 aromatic heterocycles. The normalized spacial score (nSPS) is 13.7. The lowest BCUT2D eigenvalue weighted by molar-refractivity contribution is -0.136. The molecule has 5 nitrogen and oxygen atoms in total. The van der Waals surface area contributed by atoms with Crippen molar-refractivity contribution in [3.63, 3.8) is 0 Å². The zero-order valence-corrected chi connectivity index (χ0v) is 12.4. The summed E-state index contributed by atoms with van der Waals surface area (Å²) in [5.74, 6) is -0.316. The lowest BCUT2D eigenvalue weighted by Gasteiger charge is -2.28. The van der Waals surface area contributed by atoms with Gasteiger partial charge in [0.2, 0.25) is 11.8 Å². The molecule has 0 atom stereocenters. The van der Waals surface area contributed by atoms with Crippen LogP contribution in [0.1, 0.15) is 24.0 Å². The number of ether oxygens (including phenoxy) is 1. The second-order valence-electron chi connectivity index (χ2n) is 5.21. The van der Waals surface area contributed by atoms with Gasteiger partial charge in [0.05, 0.1) is 0 Å². The van der Waals surface area contributed by atoms with E-state index in [1.54, 1.807) is 12.0 Å². The second kappa shape index (κ2) is 7.78. The predicted octanol–water partition coefficient (Wildman–Crippen LogP) is 1.11. The molecule has 0 spiro atoms. The first-order valence-electron chi connectivity index (χ1n) is 7.31. The maximum absolute atomic E-state index is 12.1. The number of methoxy groups -OCH3 is 1. The molecule has 1 aliphatic rings. The summed E-state index contributed by atoms with van der Waals surface area (Å²) in [6.45, 7) is 2.44. The van der Waals surface area contributed by atoms with E-state index < -0.39 is 0 Å². The Morgan fingerprint density at radius 2 is 2.05 bits per heavy atom. The molecule has 21 heavy (non-hydrogen) atoms. The van der Waals surface area contributed by atoms with Gasteiger partial charge in [-0.15, -0.1) is 0 Å². The number of benzene rings is 1. The predicted molar refractivity (Wildman–Crippen MR) is 79.7 cm³/mol. The highest BCUT2D eigenvalue weighted by Crippen LogP contribution is 2.18. The SMILES string of the molecule is COCCCNC(=O)CC(=O)N1CCc2ccccc2C1. The number of hydrogen-bond acceptors (Lipinski definition) is 3. The van der Waals surface area contributed by atoms with Crippen LogP contribution in [0.15, 0.2) is 24.3 Å².